The van der Waals surface area contributed by atoms with E-state index in [9.17, 15) is 24.3 Å². The molecule has 1 atom stereocenters. The molecule has 0 aromatic carbocycles. The molecule has 2 aliphatic rings. The van der Waals surface area contributed by atoms with Gasteiger partial charge in [-0.05, 0) is 30.7 Å². The SMILES string of the molecule is CC1(C)CC(=O)c2cc(C(=O)N3CCC[C@@H]3C(=O)O)c(=O)[nH]c2C1. The van der Waals surface area contributed by atoms with Crippen molar-refractivity contribution in [2.45, 2.75) is 45.6 Å². The van der Waals surface area contributed by atoms with Gasteiger partial charge in [-0.25, -0.2) is 4.79 Å². The number of fused-ring (bicyclic) bond motifs is 1. The maximum absolute atomic E-state index is 12.6. The van der Waals surface area contributed by atoms with E-state index in [4.69, 9.17) is 0 Å². The standard InChI is InChI=1S/C17H20N2O5/c1-17(2)7-11-9(13(20)8-17)6-10(14(21)18-11)15(22)19-5-3-4-12(19)16(23)24/h6,12H,3-5,7-8H2,1-2H3,(H,18,21)(H,23,24)/t12-/m1/s1. The van der Waals surface area contributed by atoms with E-state index in [0.717, 1.165) is 0 Å². The Morgan fingerprint density at radius 2 is 2.00 bits per heavy atom. The Hall–Kier alpha value is -2.44. The summed E-state index contributed by atoms with van der Waals surface area (Å²) >= 11 is 0. The van der Waals surface area contributed by atoms with Crippen molar-refractivity contribution in [1.29, 1.82) is 0 Å². The molecule has 3 rings (SSSR count). The van der Waals surface area contributed by atoms with Crippen LogP contribution in [0.2, 0.25) is 0 Å². The van der Waals surface area contributed by atoms with E-state index in [1.807, 2.05) is 13.8 Å². The smallest absolute Gasteiger partial charge is 0.326 e. The number of carboxylic acids is 1. The van der Waals surface area contributed by atoms with Crippen molar-refractivity contribution < 1.29 is 19.5 Å². The fourth-order valence-electron chi connectivity index (χ4n) is 3.61. The van der Waals surface area contributed by atoms with Gasteiger partial charge in [-0.15, -0.1) is 0 Å². The normalized spacial score (nSPS) is 22.3. The number of carbonyl (C=O) groups excluding carboxylic acids is 2. The molecule has 1 saturated heterocycles. The van der Waals surface area contributed by atoms with Gasteiger partial charge in [0.25, 0.3) is 11.5 Å². The highest BCUT2D eigenvalue weighted by atomic mass is 16.4. The van der Waals surface area contributed by atoms with E-state index < -0.39 is 23.5 Å². The van der Waals surface area contributed by atoms with Crippen LogP contribution in [0.3, 0.4) is 0 Å². The van der Waals surface area contributed by atoms with Gasteiger partial charge < -0.3 is 15.0 Å². The van der Waals surface area contributed by atoms with Crippen molar-refractivity contribution in [3.05, 3.63) is 33.2 Å². The number of aromatic nitrogens is 1. The number of carboxylic acid groups (broad SMARTS) is 1. The number of ketones is 1. The molecule has 1 fully saturated rings. The van der Waals surface area contributed by atoms with Crippen molar-refractivity contribution in [3.63, 3.8) is 0 Å². The van der Waals surface area contributed by atoms with Gasteiger partial charge in [0, 0.05) is 24.2 Å². The number of nitrogens with zero attached hydrogens (tertiary/aromatic N) is 1. The van der Waals surface area contributed by atoms with Crippen LogP contribution in [0.5, 0.6) is 0 Å². The highest BCUT2D eigenvalue weighted by molar-refractivity contribution is 6.02. The number of amides is 1. The van der Waals surface area contributed by atoms with Crippen molar-refractivity contribution >= 4 is 17.7 Å². The van der Waals surface area contributed by atoms with Gasteiger partial charge in [0.2, 0.25) is 0 Å². The summed E-state index contributed by atoms with van der Waals surface area (Å²) in [4.78, 5) is 52.4. The lowest BCUT2D eigenvalue weighted by Gasteiger charge is -2.30. The maximum Gasteiger partial charge on any atom is 0.326 e. The second-order valence-electron chi connectivity index (χ2n) is 7.34. The first-order chi connectivity index (χ1) is 11.2. The van der Waals surface area contributed by atoms with Gasteiger partial charge in [0.05, 0.1) is 0 Å². The summed E-state index contributed by atoms with van der Waals surface area (Å²) in [7, 11) is 0. The Morgan fingerprint density at radius 1 is 1.29 bits per heavy atom. The van der Waals surface area contributed by atoms with Crippen LogP contribution in [0.15, 0.2) is 10.9 Å². The van der Waals surface area contributed by atoms with Gasteiger partial charge in [-0.3, -0.25) is 14.4 Å². The zero-order valence-corrected chi connectivity index (χ0v) is 13.7. The summed E-state index contributed by atoms with van der Waals surface area (Å²) in [6.45, 7) is 4.20. The third-order valence-electron chi connectivity index (χ3n) is 4.75. The van der Waals surface area contributed by atoms with Crippen LogP contribution in [0.1, 0.15) is 59.5 Å². The second-order valence-corrected chi connectivity index (χ2v) is 7.34. The number of aromatic amines is 1. The number of aliphatic carboxylic acids is 1. The van der Waals surface area contributed by atoms with Gasteiger partial charge in [-0.1, -0.05) is 13.8 Å². The molecule has 0 spiro atoms. The molecule has 0 radical (unpaired) electrons. The number of nitrogens with one attached hydrogen (secondary N) is 1. The Labute approximate surface area is 138 Å². The molecule has 1 aliphatic heterocycles. The second kappa shape index (κ2) is 5.58. The van der Waals surface area contributed by atoms with Gasteiger partial charge in [0.15, 0.2) is 5.78 Å². The largest absolute Gasteiger partial charge is 0.480 e. The molecule has 1 aromatic heterocycles. The van der Waals surface area contributed by atoms with Crippen LogP contribution >= 0.6 is 0 Å². The Morgan fingerprint density at radius 3 is 2.67 bits per heavy atom. The lowest BCUT2D eigenvalue weighted by Crippen LogP contribution is -2.43. The van der Waals surface area contributed by atoms with Crippen LogP contribution in [-0.4, -0.2) is 45.2 Å². The molecule has 1 aromatic rings. The van der Waals surface area contributed by atoms with Crippen molar-refractivity contribution in [3.8, 4) is 0 Å². The summed E-state index contributed by atoms with van der Waals surface area (Å²) in [6.07, 6.45) is 1.86. The van der Waals surface area contributed by atoms with Crippen LogP contribution < -0.4 is 5.56 Å². The Bertz CT molecular complexity index is 793. The van der Waals surface area contributed by atoms with Crippen molar-refractivity contribution in [1.82, 2.24) is 9.88 Å². The molecule has 1 aliphatic carbocycles. The molecule has 0 unspecified atom stereocenters. The summed E-state index contributed by atoms with van der Waals surface area (Å²) in [5, 5.41) is 9.21. The van der Waals surface area contributed by atoms with Gasteiger partial charge >= 0.3 is 5.97 Å². The van der Waals surface area contributed by atoms with Crippen molar-refractivity contribution in [2.24, 2.45) is 5.41 Å². The molecule has 2 heterocycles. The zero-order valence-electron chi connectivity index (χ0n) is 13.7. The number of H-pyrrole nitrogens is 1. The minimum Gasteiger partial charge on any atom is -0.480 e. The topological polar surface area (TPSA) is 108 Å². The molecular formula is C17H20N2O5. The molecule has 0 bridgehead atoms. The first-order valence-corrected chi connectivity index (χ1v) is 8.03. The molecule has 7 nitrogen and oxygen atoms in total. The lowest BCUT2D eigenvalue weighted by molar-refractivity contribution is -0.141. The summed E-state index contributed by atoms with van der Waals surface area (Å²) in [5.41, 5.74) is -0.0466. The lowest BCUT2D eigenvalue weighted by atomic mass is 9.75. The summed E-state index contributed by atoms with van der Waals surface area (Å²) in [6, 6.07) is 0.424. The zero-order chi connectivity index (χ0) is 17.6. The average Bonchev–Trinajstić information content (AvgIpc) is 2.94. The maximum atomic E-state index is 12.6. The van der Waals surface area contributed by atoms with E-state index >= 15 is 0 Å². The van der Waals surface area contributed by atoms with Gasteiger partial charge in [0.1, 0.15) is 11.6 Å². The highest BCUT2D eigenvalue weighted by Crippen LogP contribution is 2.33. The van der Waals surface area contributed by atoms with E-state index in [1.54, 1.807) is 0 Å². The molecule has 2 N–H and O–H groups in total. The van der Waals surface area contributed by atoms with E-state index in [-0.39, 0.29) is 16.8 Å². The predicted molar refractivity (Wildman–Crippen MR) is 85.2 cm³/mol. The Balaban J connectivity index is 2.00. The first-order valence-electron chi connectivity index (χ1n) is 8.03. The van der Waals surface area contributed by atoms with E-state index in [2.05, 4.69) is 4.98 Å². The fraction of sp³-hybridized carbons (Fsp3) is 0.529. The van der Waals surface area contributed by atoms with Crippen LogP contribution in [0.4, 0.5) is 0 Å². The quantitative estimate of drug-likeness (QED) is 0.846. The molecule has 7 heteroatoms. The molecule has 128 valence electrons. The first kappa shape index (κ1) is 16.4. The highest BCUT2D eigenvalue weighted by Gasteiger charge is 2.37. The van der Waals surface area contributed by atoms with Crippen LogP contribution in [-0.2, 0) is 11.2 Å². The number of Topliss-reactive ketones (excluding diaryl/α,β-unsaturated/α-hetero) is 1. The van der Waals surface area contributed by atoms with Crippen LogP contribution in [0, 0.1) is 5.41 Å². The van der Waals surface area contributed by atoms with E-state index in [1.165, 1.54) is 11.0 Å². The molecule has 0 saturated carbocycles. The minimum atomic E-state index is -1.08. The number of carbonyl (C=O) groups is 3. The number of likely N-dealkylation sites (tertiary alicyclic amines) is 1. The third-order valence-corrected chi connectivity index (χ3v) is 4.75. The number of pyridine rings is 1. The number of hydrogen-bond donors (Lipinski definition) is 2. The summed E-state index contributed by atoms with van der Waals surface area (Å²) in [5.74, 6) is -1.81. The van der Waals surface area contributed by atoms with Crippen molar-refractivity contribution in [2.75, 3.05) is 6.54 Å². The monoisotopic (exact) mass is 332 g/mol. The minimum absolute atomic E-state index is 0.109. The van der Waals surface area contributed by atoms with Crippen LogP contribution in [0.25, 0.3) is 0 Å². The summed E-state index contributed by atoms with van der Waals surface area (Å²) < 4.78 is 0. The molecule has 1 amide bonds. The Kier molecular flexibility index (Phi) is 3.81. The number of rotatable bonds is 2. The van der Waals surface area contributed by atoms with E-state index in [0.29, 0.717) is 43.5 Å². The predicted octanol–water partition coefficient (Wildman–Crippen LogP) is 1.22. The molecule has 24 heavy (non-hydrogen) atoms. The average molecular weight is 332 g/mol. The molecular weight excluding hydrogens is 312 g/mol. The number of hydrogen-bond acceptors (Lipinski definition) is 4. The fourth-order valence-corrected chi connectivity index (χ4v) is 3.61. The van der Waals surface area contributed by atoms with Gasteiger partial charge in [-0.2, -0.15) is 0 Å². The third kappa shape index (κ3) is 2.74.